The molecule has 0 aromatic heterocycles. The Hall–Kier alpha value is -3.35. The molecule has 0 amide bonds. The minimum atomic E-state index is 0.750. The van der Waals surface area contributed by atoms with Crippen LogP contribution >= 0.6 is 11.6 Å². The molecule has 0 bridgehead atoms. The molecule has 0 aliphatic carbocycles. The van der Waals surface area contributed by atoms with Crippen LogP contribution in [0.5, 0.6) is 0 Å². The number of hydrogen-bond donors (Lipinski definition) is 0. The summed E-state index contributed by atoms with van der Waals surface area (Å²) in [6.45, 7) is 0. The van der Waals surface area contributed by atoms with Crippen LogP contribution in [0.1, 0.15) is 0 Å². The molecular weight excluding hydrogens is 372 g/mol. The van der Waals surface area contributed by atoms with Crippen molar-refractivity contribution in [1.29, 1.82) is 0 Å². The van der Waals surface area contributed by atoms with Gasteiger partial charge in [0.05, 0.1) is 0 Å². The van der Waals surface area contributed by atoms with E-state index in [2.05, 4.69) is 84.9 Å². The first-order valence-electron chi connectivity index (χ1n) is 9.72. The molecule has 0 radical (unpaired) electrons. The van der Waals surface area contributed by atoms with Crippen LogP contribution in [0.3, 0.4) is 0 Å². The first-order valence-corrected chi connectivity index (χ1v) is 10.1. The van der Waals surface area contributed by atoms with Crippen LogP contribution < -0.4 is 0 Å². The summed E-state index contributed by atoms with van der Waals surface area (Å²) in [6.07, 6.45) is 0. The van der Waals surface area contributed by atoms with E-state index in [-0.39, 0.29) is 0 Å². The Kier molecular flexibility index (Phi) is 4.63. The molecule has 0 heterocycles. The quantitative estimate of drug-likeness (QED) is 0.289. The summed E-state index contributed by atoms with van der Waals surface area (Å²) < 4.78 is 0. The first-order chi connectivity index (χ1) is 14.3. The Morgan fingerprint density at radius 2 is 0.862 bits per heavy atom. The van der Waals surface area contributed by atoms with Crippen molar-refractivity contribution >= 4 is 22.4 Å². The van der Waals surface area contributed by atoms with Gasteiger partial charge in [0.15, 0.2) is 0 Å². The molecule has 138 valence electrons. The lowest BCUT2D eigenvalue weighted by Gasteiger charge is -2.09. The van der Waals surface area contributed by atoms with Crippen LogP contribution in [-0.2, 0) is 0 Å². The van der Waals surface area contributed by atoms with Crippen LogP contribution in [0, 0.1) is 0 Å². The maximum absolute atomic E-state index is 6.43. The number of halogens is 1. The molecule has 0 aliphatic heterocycles. The van der Waals surface area contributed by atoms with Gasteiger partial charge in [-0.25, -0.2) is 0 Å². The average molecular weight is 391 g/mol. The van der Waals surface area contributed by atoms with Crippen LogP contribution in [-0.4, -0.2) is 0 Å². The average Bonchev–Trinajstić information content (AvgIpc) is 2.79. The summed E-state index contributed by atoms with van der Waals surface area (Å²) in [5.74, 6) is 0. The van der Waals surface area contributed by atoms with Gasteiger partial charge in [-0.15, -0.1) is 0 Å². The van der Waals surface area contributed by atoms with Crippen molar-refractivity contribution in [3.05, 3.63) is 120 Å². The molecule has 0 spiro atoms. The monoisotopic (exact) mass is 390 g/mol. The SMILES string of the molecule is Clc1cc(-c2ccccc2)cc(-c2ccc(-c3ccc4ccccc4c3)cc2)c1. The summed E-state index contributed by atoms with van der Waals surface area (Å²) in [6, 6.07) is 40.4. The van der Waals surface area contributed by atoms with Gasteiger partial charge in [0.2, 0.25) is 0 Å². The lowest BCUT2D eigenvalue weighted by atomic mass is 9.96. The maximum atomic E-state index is 6.43. The van der Waals surface area contributed by atoms with Crippen LogP contribution in [0.2, 0.25) is 5.02 Å². The van der Waals surface area contributed by atoms with Gasteiger partial charge in [0, 0.05) is 5.02 Å². The van der Waals surface area contributed by atoms with E-state index in [4.69, 9.17) is 11.6 Å². The van der Waals surface area contributed by atoms with Gasteiger partial charge in [0.25, 0.3) is 0 Å². The molecule has 1 heteroatoms. The van der Waals surface area contributed by atoms with Crippen LogP contribution in [0.4, 0.5) is 0 Å². The zero-order chi connectivity index (χ0) is 19.6. The van der Waals surface area contributed by atoms with Gasteiger partial charge in [-0.1, -0.05) is 103 Å². The molecule has 5 aromatic rings. The van der Waals surface area contributed by atoms with E-state index in [1.54, 1.807) is 0 Å². The van der Waals surface area contributed by atoms with Crippen molar-refractivity contribution in [1.82, 2.24) is 0 Å². The smallest absolute Gasteiger partial charge is 0.0418 e. The summed E-state index contributed by atoms with van der Waals surface area (Å²) in [5.41, 5.74) is 7.03. The van der Waals surface area contributed by atoms with E-state index >= 15 is 0 Å². The van der Waals surface area contributed by atoms with E-state index in [0.29, 0.717) is 0 Å². The van der Waals surface area contributed by atoms with E-state index in [0.717, 1.165) is 21.7 Å². The maximum Gasteiger partial charge on any atom is 0.0418 e. The van der Waals surface area contributed by atoms with Crippen molar-refractivity contribution in [3.8, 4) is 33.4 Å². The highest BCUT2D eigenvalue weighted by molar-refractivity contribution is 6.31. The fourth-order valence-electron chi connectivity index (χ4n) is 3.78. The predicted octanol–water partition coefficient (Wildman–Crippen LogP) is 8.49. The minimum absolute atomic E-state index is 0.750. The Morgan fingerprint density at radius 3 is 1.55 bits per heavy atom. The molecule has 0 saturated heterocycles. The standard InChI is InChI=1S/C28H19Cl/c29-28-18-26(20-6-2-1-3-7-20)17-27(19-28)23-12-10-22(11-13-23)25-15-14-21-8-4-5-9-24(21)16-25/h1-19H. The van der Waals surface area contributed by atoms with E-state index in [9.17, 15) is 0 Å². The molecule has 0 aliphatic rings. The van der Waals surface area contributed by atoms with Gasteiger partial charge < -0.3 is 0 Å². The van der Waals surface area contributed by atoms with Crippen LogP contribution in [0.15, 0.2) is 115 Å². The first kappa shape index (κ1) is 17.7. The zero-order valence-corrected chi connectivity index (χ0v) is 16.6. The van der Waals surface area contributed by atoms with Crippen molar-refractivity contribution in [2.24, 2.45) is 0 Å². The highest BCUT2D eigenvalue weighted by atomic mass is 35.5. The number of rotatable bonds is 3. The predicted molar refractivity (Wildman–Crippen MR) is 125 cm³/mol. The fourth-order valence-corrected chi connectivity index (χ4v) is 4.01. The zero-order valence-electron chi connectivity index (χ0n) is 15.8. The minimum Gasteiger partial charge on any atom is -0.0843 e. The normalized spacial score (nSPS) is 10.9. The van der Waals surface area contributed by atoms with Gasteiger partial charge in [-0.05, 0) is 68.4 Å². The molecule has 5 aromatic carbocycles. The molecule has 0 atom stereocenters. The topological polar surface area (TPSA) is 0 Å². The van der Waals surface area contributed by atoms with Crippen molar-refractivity contribution in [3.63, 3.8) is 0 Å². The molecule has 29 heavy (non-hydrogen) atoms. The van der Waals surface area contributed by atoms with E-state index in [1.165, 1.54) is 27.5 Å². The largest absolute Gasteiger partial charge is 0.0843 e. The van der Waals surface area contributed by atoms with E-state index in [1.807, 2.05) is 30.3 Å². The third-order valence-corrected chi connectivity index (χ3v) is 5.52. The molecular formula is C28H19Cl. The molecule has 0 fully saturated rings. The highest BCUT2D eigenvalue weighted by Crippen LogP contribution is 2.32. The molecule has 0 saturated carbocycles. The van der Waals surface area contributed by atoms with Crippen molar-refractivity contribution in [2.75, 3.05) is 0 Å². The molecule has 0 unspecified atom stereocenters. The van der Waals surface area contributed by atoms with E-state index < -0.39 is 0 Å². The fraction of sp³-hybridized carbons (Fsp3) is 0. The van der Waals surface area contributed by atoms with Crippen LogP contribution in [0.25, 0.3) is 44.2 Å². The molecule has 0 N–H and O–H groups in total. The third kappa shape index (κ3) is 3.68. The Labute approximate surface area is 176 Å². The van der Waals surface area contributed by atoms with Gasteiger partial charge in [0.1, 0.15) is 0 Å². The highest BCUT2D eigenvalue weighted by Gasteiger charge is 2.06. The second-order valence-corrected chi connectivity index (χ2v) is 7.67. The molecule has 0 nitrogen and oxygen atoms in total. The second kappa shape index (κ2) is 7.58. The van der Waals surface area contributed by atoms with Gasteiger partial charge >= 0.3 is 0 Å². The third-order valence-electron chi connectivity index (χ3n) is 5.31. The van der Waals surface area contributed by atoms with Crippen molar-refractivity contribution in [2.45, 2.75) is 0 Å². The Balaban J connectivity index is 1.51. The summed E-state index contributed by atoms with van der Waals surface area (Å²) in [5, 5.41) is 3.27. The Bertz CT molecular complexity index is 1290. The number of fused-ring (bicyclic) bond motifs is 1. The summed E-state index contributed by atoms with van der Waals surface area (Å²) in [7, 11) is 0. The Morgan fingerprint density at radius 1 is 0.345 bits per heavy atom. The number of benzene rings is 5. The van der Waals surface area contributed by atoms with Gasteiger partial charge in [-0.2, -0.15) is 0 Å². The summed E-state index contributed by atoms with van der Waals surface area (Å²) >= 11 is 6.43. The summed E-state index contributed by atoms with van der Waals surface area (Å²) in [4.78, 5) is 0. The number of hydrogen-bond acceptors (Lipinski definition) is 0. The lowest BCUT2D eigenvalue weighted by Crippen LogP contribution is -1.84. The molecule has 5 rings (SSSR count). The lowest BCUT2D eigenvalue weighted by molar-refractivity contribution is 1.58. The van der Waals surface area contributed by atoms with Gasteiger partial charge in [-0.3, -0.25) is 0 Å². The second-order valence-electron chi connectivity index (χ2n) is 7.23. The van der Waals surface area contributed by atoms with Crippen molar-refractivity contribution < 1.29 is 0 Å².